The molecule has 0 bridgehead atoms. The third-order valence-corrected chi connectivity index (χ3v) is 4.99. The van der Waals surface area contributed by atoms with E-state index in [9.17, 15) is 9.18 Å². The quantitative estimate of drug-likeness (QED) is 0.806. The maximum Gasteiger partial charge on any atom is 0.255 e. The van der Waals surface area contributed by atoms with E-state index >= 15 is 0 Å². The molecule has 2 fully saturated rings. The second-order valence-electron chi connectivity index (χ2n) is 5.51. The summed E-state index contributed by atoms with van der Waals surface area (Å²) in [5.74, 6) is 0.760. The fourth-order valence-corrected chi connectivity index (χ4v) is 3.79. The third-order valence-electron chi connectivity index (χ3n) is 4.33. The fourth-order valence-electron chi connectivity index (χ4n) is 3.30. The second kappa shape index (κ2) is 4.78. The first-order valence-corrected chi connectivity index (χ1v) is 7.39. The van der Waals surface area contributed by atoms with Crippen LogP contribution in [-0.2, 0) is 0 Å². The average Bonchev–Trinajstić information content (AvgIpc) is 2.93. The Morgan fingerprint density at radius 2 is 1.95 bits per heavy atom. The van der Waals surface area contributed by atoms with Gasteiger partial charge in [-0.2, -0.15) is 0 Å². The number of halogens is 2. The standard InChI is InChI=1S/C14H16BrFN2O/c15-11-5-12(16)13(17)4-10(11)14(19)18-6-8-2-1-3-9(8)7-18/h4-5,8-9H,1-3,6-7,17H2. The Labute approximate surface area is 120 Å². The summed E-state index contributed by atoms with van der Waals surface area (Å²) in [6.45, 7) is 1.65. The molecule has 5 heteroatoms. The summed E-state index contributed by atoms with van der Waals surface area (Å²) in [7, 11) is 0. The Bertz CT molecular complexity index is 522. The van der Waals surface area contributed by atoms with E-state index in [2.05, 4.69) is 15.9 Å². The maximum absolute atomic E-state index is 13.3. The molecule has 1 aliphatic heterocycles. The minimum Gasteiger partial charge on any atom is -0.396 e. The number of rotatable bonds is 1. The molecular weight excluding hydrogens is 311 g/mol. The minimum atomic E-state index is -0.498. The molecule has 1 aliphatic carbocycles. The van der Waals surface area contributed by atoms with Gasteiger partial charge in [0, 0.05) is 17.6 Å². The molecule has 1 saturated carbocycles. The molecular formula is C14H16BrFN2O. The van der Waals surface area contributed by atoms with Crippen LogP contribution >= 0.6 is 15.9 Å². The number of hydrogen-bond acceptors (Lipinski definition) is 2. The number of benzene rings is 1. The molecule has 102 valence electrons. The lowest BCUT2D eigenvalue weighted by Gasteiger charge is -2.18. The summed E-state index contributed by atoms with van der Waals surface area (Å²) in [6, 6.07) is 2.69. The van der Waals surface area contributed by atoms with Crippen LogP contribution in [0.1, 0.15) is 29.6 Å². The summed E-state index contributed by atoms with van der Waals surface area (Å²) in [6.07, 6.45) is 3.73. The zero-order valence-corrected chi connectivity index (χ0v) is 12.1. The third kappa shape index (κ3) is 2.24. The topological polar surface area (TPSA) is 46.3 Å². The lowest BCUT2D eigenvalue weighted by atomic mass is 10.0. The number of anilines is 1. The van der Waals surface area contributed by atoms with E-state index in [1.165, 1.54) is 31.4 Å². The van der Waals surface area contributed by atoms with E-state index in [0.717, 1.165) is 13.1 Å². The van der Waals surface area contributed by atoms with Crippen molar-refractivity contribution in [3.05, 3.63) is 28.0 Å². The van der Waals surface area contributed by atoms with Gasteiger partial charge in [0.05, 0.1) is 11.3 Å². The molecule has 3 rings (SSSR count). The zero-order chi connectivity index (χ0) is 13.6. The molecule has 2 N–H and O–H groups in total. The van der Waals surface area contributed by atoms with E-state index in [1.54, 1.807) is 0 Å². The number of amides is 1. The highest BCUT2D eigenvalue weighted by Gasteiger charge is 2.38. The Balaban J connectivity index is 1.83. The van der Waals surface area contributed by atoms with Crippen molar-refractivity contribution in [1.82, 2.24) is 4.90 Å². The Morgan fingerprint density at radius 1 is 1.32 bits per heavy atom. The van der Waals surface area contributed by atoms with Crippen molar-refractivity contribution in [2.24, 2.45) is 11.8 Å². The zero-order valence-electron chi connectivity index (χ0n) is 10.5. The van der Waals surface area contributed by atoms with Crippen LogP contribution < -0.4 is 5.73 Å². The predicted molar refractivity (Wildman–Crippen MR) is 75.2 cm³/mol. The number of likely N-dealkylation sites (tertiary alicyclic amines) is 1. The largest absolute Gasteiger partial charge is 0.396 e. The molecule has 1 heterocycles. The molecule has 1 amide bonds. The van der Waals surface area contributed by atoms with Crippen LogP contribution in [0.5, 0.6) is 0 Å². The van der Waals surface area contributed by atoms with Gasteiger partial charge in [0.15, 0.2) is 0 Å². The number of carbonyl (C=O) groups excluding carboxylic acids is 1. The van der Waals surface area contributed by atoms with Crippen LogP contribution in [0.3, 0.4) is 0 Å². The predicted octanol–water partition coefficient (Wildman–Crippen LogP) is 3.04. The van der Waals surface area contributed by atoms with Gasteiger partial charge < -0.3 is 10.6 Å². The van der Waals surface area contributed by atoms with Gasteiger partial charge in [-0.1, -0.05) is 6.42 Å². The van der Waals surface area contributed by atoms with Crippen LogP contribution in [0.4, 0.5) is 10.1 Å². The number of carbonyl (C=O) groups is 1. The molecule has 19 heavy (non-hydrogen) atoms. The highest BCUT2D eigenvalue weighted by Crippen LogP contribution is 2.38. The van der Waals surface area contributed by atoms with Crippen LogP contribution in [0.25, 0.3) is 0 Å². The average molecular weight is 327 g/mol. The van der Waals surface area contributed by atoms with Gasteiger partial charge in [-0.05, 0) is 52.7 Å². The second-order valence-corrected chi connectivity index (χ2v) is 6.37. The van der Waals surface area contributed by atoms with Crippen LogP contribution in [0.15, 0.2) is 16.6 Å². The normalized spacial score (nSPS) is 25.7. The molecule has 2 aliphatic rings. The van der Waals surface area contributed by atoms with Crippen molar-refractivity contribution >= 4 is 27.5 Å². The van der Waals surface area contributed by atoms with Crippen LogP contribution in [0.2, 0.25) is 0 Å². The van der Waals surface area contributed by atoms with Gasteiger partial charge >= 0.3 is 0 Å². The summed E-state index contributed by atoms with van der Waals surface area (Å²) in [5, 5.41) is 0. The number of hydrogen-bond donors (Lipinski definition) is 1. The lowest BCUT2D eigenvalue weighted by Crippen LogP contribution is -2.29. The fraction of sp³-hybridized carbons (Fsp3) is 0.500. The van der Waals surface area contributed by atoms with Gasteiger partial charge in [-0.25, -0.2) is 4.39 Å². The molecule has 0 radical (unpaired) electrons. The first-order valence-electron chi connectivity index (χ1n) is 6.60. The molecule has 1 aromatic rings. The van der Waals surface area contributed by atoms with Gasteiger partial charge in [0.1, 0.15) is 5.82 Å². The van der Waals surface area contributed by atoms with E-state index < -0.39 is 5.82 Å². The van der Waals surface area contributed by atoms with E-state index in [4.69, 9.17) is 5.73 Å². The lowest BCUT2D eigenvalue weighted by molar-refractivity contribution is 0.0780. The van der Waals surface area contributed by atoms with Crippen LogP contribution in [0, 0.1) is 17.7 Å². The summed E-state index contributed by atoms with van der Waals surface area (Å²) >= 11 is 3.25. The first kappa shape index (κ1) is 12.9. The molecule has 0 spiro atoms. The van der Waals surface area contributed by atoms with Crippen molar-refractivity contribution in [3.63, 3.8) is 0 Å². The van der Waals surface area contributed by atoms with Gasteiger partial charge in [0.2, 0.25) is 0 Å². The Kier molecular flexibility index (Phi) is 3.25. The summed E-state index contributed by atoms with van der Waals surface area (Å²) in [4.78, 5) is 14.4. The first-order chi connectivity index (χ1) is 9.06. The maximum atomic E-state index is 13.3. The Morgan fingerprint density at radius 3 is 2.58 bits per heavy atom. The van der Waals surface area contributed by atoms with Crippen molar-refractivity contribution in [2.75, 3.05) is 18.8 Å². The molecule has 1 aromatic carbocycles. The minimum absolute atomic E-state index is 0.0194. The SMILES string of the molecule is Nc1cc(C(=O)N2CC3CCCC3C2)c(Br)cc1F. The van der Waals surface area contributed by atoms with Crippen molar-refractivity contribution in [3.8, 4) is 0 Å². The molecule has 0 aromatic heterocycles. The molecule has 2 unspecified atom stereocenters. The monoisotopic (exact) mass is 326 g/mol. The van der Waals surface area contributed by atoms with E-state index in [0.29, 0.717) is 21.9 Å². The number of nitrogen functional groups attached to an aromatic ring is 1. The van der Waals surface area contributed by atoms with Crippen molar-refractivity contribution < 1.29 is 9.18 Å². The highest BCUT2D eigenvalue weighted by atomic mass is 79.9. The van der Waals surface area contributed by atoms with Gasteiger partial charge in [0.25, 0.3) is 5.91 Å². The van der Waals surface area contributed by atoms with Crippen molar-refractivity contribution in [1.29, 1.82) is 0 Å². The van der Waals surface area contributed by atoms with Gasteiger partial charge in [-0.15, -0.1) is 0 Å². The summed E-state index contributed by atoms with van der Waals surface area (Å²) < 4.78 is 13.8. The highest BCUT2D eigenvalue weighted by molar-refractivity contribution is 9.10. The van der Waals surface area contributed by atoms with E-state index in [-0.39, 0.29) is 11.6 Å². The molecule has 2 atom stereocenters. The number of nitrogens with two attached hydrogens (primary N) is 1. The Hall–Kier alpha value is -1.10. The number of nitrogens with zero attached hydrogens (tertiary/aromatic N) is 1. The van der Waals surface area contributed by atoms with Gasteiger partial charge in [-0.3, -0.25) is 4.79 Å². The van der Waals surface area contributed by atoms with Crippen LogP contribution in [-0.4, -0.2) is 23.9 Å². The molecule has 3 nitrogen and oxygen atoms in total. The smallest absolute Gasteiger partial charge is 0.255 e. The van der Waals surface area contributed by atoms with E-state index in [1.807, 2.05) is 4.90 Å². The number of fused-ring (bicyclic) bond motifs is 1. The molecule has 1 saturated heterocycles. The summed E-state index contributed by atoms with van der Waals surface area (Å²) in [5.41, 5.74) is 6.03. The van der Waals surface area contributed by atoms with Crippen molar-refractivity contribution in [2.45, 2.75) is 19.3 Å².